The molecule has 0 saturated heterocycles. The van der Waals surface area contributed by atoms with Gasteiger partial charge in [0.05, 0.1) is 0 Å². The summed E-state index contributed by atoms with van der Waals surface area (Å²) in [7, 11) is 2.95. The largest absolute Gasteiger partial charge is 0.330 e. The predicted octanol–water partition coefficient (Wildman–Crippen LogP) is -0.606. The normalized spacial score (nSPS) is 12.3. The van der Waals surface area contributed by atoms with Gasteiger partial charge in [-0.15, -0.1) is 0 Å². The molecule has 0 aliphatic heterocycles. The molecule has 0 aliphatic rings. The van der Waals surface area contributed by atoms with Crippen molar-refractivity contribution in [2.24, 2.45) is 0 Å². The summed E-state index contributed by atoms with van der Waals surface area (Å²) in [5.74, 6) is 0. The van der Waals surface area contributed by atoms with E-state index in [1.54, 1.807) is 4.72 Å². The van der Waals surface area contributed by atoms with Gasteiger partial charge in [-0.05, 0) is 0 Å². The number of nitrogens with one attached hydrogen (secondary N) is 1. The molecule has 54 valence electrons. The van der Waals surface area contributed by atoms with Gasteiger partial charge in [-0.25, -0.2) is 13.7 Å². The summed E-state index contributed by atoms with van der Waals surface area (Å²) in [6.07, 6.45) is 0. The Morgan fingerprint density at radius 3 is 2.22 bits per heavy atom. The van der Waals surface area contributed by atoms with Crippen LogP contribution in [0.15, 0.2) is 0 Å². The number of hydrogen-bond donors (Lipinski definition) is 2. The molecule has 0 aromatic carbocycles. The summed E-state index contributed by atoms with van der Waals surface area (Å²) in [6, 6.07) is -0.587. The van der Waals surface area contributed by atoms with E-state index in [1.807, 2.05) is 0 Å². The molecule has 0 aromatic heterocycles. The van der Waals surface area contributed by atoms with E-state index < -0.39 is 17.3 Å². The number of amides is 2. The van der Waals surface area contributed by atoms with Crippen LogP contribution in [0.3, 0.4) is 0 Å². The van der Waals surface area contributed by atoms with Gasteiger partial charge in [0.1, 0.15) is 0 Å². The summed E-state index contributed by atoms with van der Waals surface area (Å²) >= 11 is -2.26. The predicted molar refractivity (Wildman–Crippen MR) is 33.0 cm³/mol. The molecule has 5 nitrogen and oxygen atoms in total. The quantitative estimate of drug-likeness (QED) is 0.493. The average Bonchev–Trinajstić information content (AvgIpc) is 1.63. The molecule has 0 aliphatic carbocycles. The Morgan fingerprint density at radius 1 is 1.67 bits per heavy atom. The minimum Gasteiger partial charge on any atom is -0.330 e. The SMILES string of the molecule is CN(C)C(=O)NS(=O)O. The molecule has 0 heterocycles. The lowest BCUT2D eigenvalue weighted by atomic mass is 10.9. The molecule has 2 N–H and O–H groups in total. The summed E-state index contributed by atoms with van der Waals surface area (Å²) in [5, 5.41) is 0. The van der Waals surface area contributed by atoms with Crippen molar-refractivity contribution < 1.29 is 13.6 Å². The van der Waals surface area contributed by atoms with Crippen LogP contribution in [0.4, 0.5) is 4.79 Å². The lowest BCUT2D eigenvalue weighted by molar-refractivity contribution is 0.223. The summed E-state index contributed by atoms with van der Waals surface area (Å²) in [6.45, 7) is 0. The molecule has 0 rings (SSSR count). The van der Waals surface area contributed by atoms with E-state index in [-0.39, 0.29) is 0 Å². The van der Waals surface area contributed by atoms with Crippen LogP contribution in [0.1, 0.15) is 0 Å². The van der Waals surface area contributed by atoms with Crippen LogP contribution in [0.5, 0.6) is 0 Å². The number of hydrogen-bond acceptors (Lipinski definition) is 2. The third-order valence-electron chi connectivity index (χ3n) is 0.581. The van der Waals surface area contributed by atoms with Crippen LogP contribution < -0.4 is 4.72 Å². The van der Waals surface area contributed by atoms with Crippen LogP contribution in [0, 0.1) is 0 Å². The summed E-state index contributed by atoms with van der Waals surface area (Å²) in [4.78, 5) is 11.6. The fourth-order valence-corrected chi connectivity index (χ4v) is 0.498. The molecule has 2 amide bonds. The number of rotatable bonds is 1. The molecule has 0 radical (unpaired) electrons. The van der Waals surface area contributed by atoms with E-state index in [2.05, 4.69) is 0 Å². The van der Waals surface area contributed by atoms with Crippen LogP contribution in [0.2, 0.25) is 0 Å². The van der Waals surface area contributed by atoms with Gasteiger partial charge >= 0.3 is 6.03 Å². The standard InChI is InChI=1S/C3H8N2O3S/c1-5(2)3(6)4-9(7)8/h1-2H3,(H,4,6)(H,7,8). The zero-order valence-electron chi connectivity index (χ0n) is 5.12. The Labute approximate surface area is 55.5 Å². The van der Waals surface area contributed by atoms with Crippen LogP contribution in [-0.4, -0.2) is 33.8 Å². The smallest absolute Gasteiger partial charge is 0.330 e. The molecule has 0 spiro atoms. The molecular weight excluding hydrogens is 144 g/mol. The topological polar surface area (TPSA) is 69.6 Å². The zero-order valence-corrected chi connectivity index (χ0v) is 5.94. The van der Waals surface area contributed by atoms with E-state index in [1.165, 1.54) is 14.1 Å². The summed E-state index contributed by atoms with van der Waals surface area (Å²) in [5.41, 5.74) is 0. The van der Waals surface area contributed by atoms with Gasteiger partial charge in [-0.2, -0.15) is 0 Å². The minimum atomic E-state index is -2.26. The van der Waals surface area contributed by atoms with E-state index in [4.69, 9.17) is 4.55 Å². The van der Waals surface area contributed by atoms with Crippen molar-refractivity contribution in [3.8, 4) is 0 Å². The fraction of sp³-hybridized carbons (Fsp3) is 0.667. The van der Waals surface area contributed by atoms with Crippen molar-refractivity contribution in [2.45, 2.75) is 0 Å². The second kappa shape index (κ2) is 3.41. The Balaban J connectivity index is 3.64. The van der Waals surface area contributed by atoms with Gasteiger partial charge in [-0.1, -0.05) is 0 Å². The average molecular weight is 152 g/mol. The number of carbonyl (C=O) groups excluding carboxylic acids is 1. The van der Waals surface area contributed by atoms with Gasteiger partial charge in [-0.3, -0.25) is 4.55 Å². The lowest BCUT2D eigenvalue weighted by Gasteiger charge is -2.07. The van der Waals surface area contributed by atoms with Crippen molar-refractivity contribution >= 4 is 17.3 Å². The lowest BCUT2D eigenvalue weighted by Crippen LogP contribution is -2.35. The van der Waals surface area contributed by atoms with Gasteiger partial charge < -0.3 is 4.90 Å². The van der Waals surface area contributed by atoms with Gasteiger partial charge in [0, 0.05) is 14.1 Å². The number of urea groups is 1. The second-order valence-corrected chi connectivity index (χ2v) is 2.25. The number of carbonyl (C=O) groups is 1. The molecule has 0 bridgehead atoms. The van der Waals surface area contributed by atoms with Crippen molar-refractivity contribution in [2.75, 3.05) is 14.1 Å². The fourth-order valence-electron chi connectivity index (χ4n) is 0.166. The Kier molecular flexibility index (Phi) is 3.18. The highest BCUT2D eigenvalue weighted by atomic mass is 32.2. The first kappa shape index (κ1) is 8.38. The maximum absolute atomic E-state index is 10.4. The first-order chi connectivity index (χ1) is 4.04. The molecule has 6 heteroatoms. The van der Waals surface area contributed by atoms with Crippen molar-refractivity contribution in [3.63, 3.8) is 0 Å². The molecule has 1 unspecified atom stereocenters. The Hall–Kier alpha value is -0.620. The van der Waals surface area contributed by atoms with Crippen molar-refractivity contribution in [3.05, 3.63) is 0 Å². The third-order valence-corrected chi connectivity index (χ3v) is 0.930. The Bertz CT molecular complexity index is 135. The number of nitrogens with zero attached hydrogens (tertiary/aromatic N) is 1. The summed E-state index contributed by atoms with van der Waals surface area (Å²) < 4.78 is 19.7. The molecular formula is C3H8N2O3S. The van der Waals surface area contributed by atoms with E-state index >= 15 is 0 Å². The van der Waals surface area contributed by atoms with Gasteiger partial charge in [0.15, 0.2) is 0 Å². The maximum Gasteiger partial charge on any atom is 0.330 e. The van der Waals surface area contributed by atoms with E-state index in [9.17, 15) is 9.00 Å². The van der Waals surface area contributed by atoms with Gasteiger partial charge in [0.2, 0.25) is 0 Å². The highest BCUT2D eigenvalue weighted by molar-refractivity contribution is 7.77. The van der Waals surface area contributed by atoms with Crippen LogP contribution in [0.25, 0.3) is 0 Å². The van der Waals surface area contributed by atoms with Crippen LogP contribution >= 0.6 is 0 Å². The van der Waals surface area contributed by atoms with E-state index in [0.29, 0.717) is 0 Å². The monoisotopic (exact) mass is 152 g/mol. The Morgan fingerprint density at radius 2 is 2.11 bits per heavy atom. The van der Waals surface area contributed by atoms with Crippen molar-refractivity contribution in [1.82, 2.24) is 9.62 Å². The zero-order chi connectivity index (χ0) is 7.44. The first-order valence-corrected chi connectivity index (χ1v) is 3.23. The first-order valence-electron chi connectivity index (χ1n) is 2.13. The van der Waals surface area contributed by atoms with E-state index in [0.717, 1.165) is 4.90 Å². The highest BCUT2D eigenvalue weighted by Crippen LogP contribution is 1.75. The highest BCUT2D eigenvalue weighted by Gasteiger charge is 2.03. The van der Waals surface area contributed by atoms with Crippen molar-refractivity contribution in [1.29, 1.82) is 0 Å². The third kappa shape index (κ3) is 3.92. The minimum absolute atomic E-state index is 0.587. The molecule has 9 heavy (non-hydrogen) atoms. The second-order valence-electron chi connectivity index (χ2n) is 1.55. The van der Waals surface area contributed by atoms with Crippen LogP contribution in [-0.2, 0) is 11.3 Å². The molecule has 0 saturated carbocycles. The molecule has 0 fully saturated rings. The molecule has 1 atom stereocenters. The van der Waals surface area contributed by atoms with Gasteiger partial charge in [0.25, 0.3) is 11.3 Å². The maximum atomic E-state index is 10.4. The molecule has 0 aromatic rings.